The molecule has 2 amide bonds. The molecule has 2 aromatic carbocycles. The van der Waals surface area contributed by atoms with Crippen LogP contribution in [0.3, 0.4) is 0 Å². The third kappa shape index (κ3) is 6.32. The van der Waals surface area contributed by atoms with E-state index in [4.69, 9.17) is 28.8 Å². The van der Waals surface area contributed by atoms with Gasteiger partial charge >= 0.3 is 0 Å². The molecule has 0 bridgehead atoms. The molecular weight excluding hydrogens is 504 g/mol. The maximum atomic E-state index is 13.8. The maximum absolute atomic E-state index is 13.8. The summed E-state index contributed by atoms with van der Waals surface area (Å²) in [6.07, 6.45) is 0.511. The van der Waals surface area contributed by atoms with Gasteiger partial charge in [-0.1, -0.05) is 6.07 Å². The quantitative estimate of drug-likeness (QED) is 0.452. The summed E-state index contributed by atoms with van der Waals surface area (Å²) in [6.45, 7) is 3.96. The molecule has 1 unspecified atom stereocenters. The lowest BCUT2D eigenvalue weighted by Crippen LogP contribution is -2.47. The third-order valence-corrected chi connectivity index (χ3v) is 7.11. The van der Waals surface area contributed by atoms with Gasteiger partial charge in [-0.2, -0.15) is 5.10 Å². The molecule has 3 heterocycles. The van der Waals surface area contributed by atoms with Gasteiger partial charge in [0.1, 0.15) is 18.9 Å². The number of amides is 2. The van der Waals surface area contributed by atoms with Gasteiger partial charge in [-0.25, -0.2) is 5.01 Å². The molecule has 39 heavy (non-hydrogen) atoms. The van der Waals surface area contributed by atoms with Crippen molar-refractivity contribution in [2.45, 2.75) is 12.5 Å². The molecule has 0 saturated carbocycles. The van der Waals surface area contributed by atoms with E-state index in [0.29, 0.717) is 44.2 Å². The molecule has 5 rings (SSSR count). The van der Waals surface area contributed by atoms with Crippen LogP contribution in [0.4, 0.5) is 0 Å². The van der Waals surface area contributed by atoms with Crippen LogP contribution in [0.1, 0.15) is 23.6 Å². The SMILES string of the molecule is COCC(=O)N(CCN1CCOCC1)CC(=O)N1N=C(c2ccc(OC)cc2)CC1c1ccc2c(c1)OCO2. The first-order valence-corrected chi connectivity index (χ1v) is 13.1. The zero-order chi connectivity index (χ0) is 27.2. The smallest absolute Gasteiger partial charge is 0.262 e. The highest BCUT2D eigenvalue weighted by Gasteiger charge is 2.35. The summed E-state index contributed by atoms with van der Waals surface area (Å²) in [7, 11) is 3.09. The van der Waals surface area contributed by atoms with Crippen LogP contribution in [-0.4, -0.2) is 106 Å². The predicted molar refractivity (Wildman–Crippen MR) is 142 cm³/mol. The van der Waals surface area contributed by atoms with E-state index in [2.05, 4.69) is 4.90 Å². The lowest BCUT2D eigenvalue weighted by molar-refractivity contribution is -0.143. The molecule has 0 radical (unpaired) electrons. The summed E-state index contributed by atoms with van der Waals surface area (Å²) in [5.74, 6) is 1.54. The first kappa shape index (κ1) is 26.9. The van der Waals surface area contributed by atoms with Crippen molar-refractivity contribution in [1.82, 2.24) is 14.8 Å². The van der Waals surface area contributed by atoms with Crippen molar-refractivity contribution in [3.63, 3.8) is 0 Å². The van der Waals surface area contributed by atoms with Crippen LogP contribution >= 0.6 is 0 Å². The molecule has 2 aromatic rings. The number of hydrazone groups is 1. The number of nitrogens with zero attached hydrogens (tertiary/aromatic N) is 4. The monoisotopic (exact) mass is 538 g/mol. The molecule has 1 atom stereocenters. The fourth-order valence-electron chi connectivity index (χ4n) is 4.91. The van der Waals surface area contributed by atoms with E-state index in [1.807, 2.05) is 42.5 Å². The fraction of sp³-hybridized carbons (Fsp3) is 0.464. The number of carbonyl (C=O) groups is 2. The molecule has 3 aliphatic rings. The number of morpholine rings is 1. The molecule has 0 N–H and O–H groups in total. The molecule has 11 heteroatoms. The first-order valence-electron chi connectivity index (χ1n) is 13.1. The summed E-state index contributed by atoms with van der Waals surface area (Å²) in [5, 5.41) is 6.26. The molecule has 1 saturated heterocycles. The zero-order valence-corrected chi connectivity index (χ0v) is 22.3. The number of fused-ring (bicyclic) bond motifs is 1. The minimum absolute atomic E-state index is 0.0949. The molecule has 11 nitrogen and oxygen atoms in total. The summed E-state index contributed by atoms with van der Waals surface area (Å²) in [6, 6.07) is 12.9. The lowest BCUT2D eigenvalue weighted by Gasteiger charge is -2.31. The largest absolute Gasteiger partial charge is 0.497 e. The Hall–Kier alpha value is -3.67. The number of benzene rings is 2. The van der Waals surface area contributed by atoms with E-state index >= 15 is 0 Å². The Morgan fingerprint density at radius 3 is 2.56 bits per heavy atom. The van der Waals surface area contributed by atoms with Crippen LogP contribution < -0.4 is 14.2 Å². The number of carbonyl (C=O) groups excluding carboxylic acids is 2. The van der Waals surface area contributed by atoms with Gasteiger partial charge in [0.25, 0.3) is 5.91 Å². The van der Waals surface area contributed by atoms with E-state index < -0.39 is 0 Å². The Labute approximate surface area is 227 Å². The van der Waals surface area contributed by atoms with Crippen LogP contribution in [0, 0.1) is 0 Å². The Morgan fingerprint density at radius 2 is 1.82 bits per heavy atom. The van der Waals surface area contributed by atoms with E-state index in [1.54, 1.807) is 12.0 Å². The zero-order valence-electron chi connectivity index (χ0n) is 22.3. The van der Waals surface area contributed by atoms with Gasteiger partial charge in [0, 0.05) is 39.7 Å². The highest BCUT2D eigenvalue weighted by Crippen LogP contribution is 2.39. The van der Waals surface area contributed by atoms with Crippen molar-refractivity contribution in [2.75, 3.05) is 73.6 Å². The van der Waals surface area contributed by atoms with Gasteiger partial charge < -0.3 is 28.6 Å². The summed E-state index contributed by atoms with van der Waals surface area (Å²) in [5.41, 5.74) is 2.55. The number of hydrogen-bond acceptors (Lipinski definition) is 9. The minimum atomic E-state index is -0.359. The summed E-state index contributed by atoms with van der Waals surface area (Å²) >= 11 is 0. The van der Waals surface area contributed by atoms with E-state index in [0.717, 1.165) is 35.7 Å². The molecular formula is C28H34N4O7. The minimum Gasteiger partial charge on any atom is -0.497 e. The highest BCUT2D eigenvalue weighted by molar-refractivity contribution is 6.03. The Morgan fingerprint density at radius 1 is 1.05 bits per heavy atom. The van der Waals surface area contributed by atoms with Gasteiger partial charge in [0.05, 0.1) is 32.1 Å². The van der Waals surface area contributed by atoms with Crippen LogP contribution in [-0.2, 0) is 19.1 Å². The average molecular weight is 539 g/mol. The summed E-state index contributed by atoms with van der Waals surface area (Å²) in [4.78, 5) is 30.5. The maximum Gasteiger partial charge on any atom is 0.262 e. The number of rotatable bonds is 10. The Kier molecular flexibility index (Phi) is 8.60. The van der Waals surface area contributed by atoms with E-state index in [1.165, 1.54) is 12.1 Å². The second-order valence-corrected chi connectivity index (χ2v) is 9.55. The van der Waals surface area contributed by atoms with Gasteiger partial charge in [0.2, 0.25) is 12.7 Å². The van der Waals surface area contributed by atoms with Gasteiger partial charge in [0.15, 0.2) is 11.5 Å². The standard InChI is InChI=1S/C28H34N4O7/c1-35-18-28(34)31(10-9-30-11-13-37-14-12-30)17-27(33)32-24(21-5-8-25-26(15-21)39-19-38-25)16-23(29-32)20-3-6-22(36-2)7-4-20/h3-8,15,24H,9-14,16-19H2,1-2H3. The molecule has 0 aliphatic carbocycles. The molecule has 208 valence electrons. The molecule has 3 aliphatic heterocycles. The van der Waals surface area contributed by atoms with Gasteiger partial charge in [-0.3, -0.25) is 14.5 Å². The average Bonchev–Trinajstić information content (AvgIpc) is 3.63. The first-order chi connectivity index (χ1) is 19.1. The van der Waals surface area contributed by atoms with Crippen LogP contribution in [0.2, 0.25) is 0 Å². The van der Waals surface area contributed by atoms with Crippen molar-refractivity contribution in [3.05, 3.63) is 53.6 Å². The predicted octanol–water partition coefficient (Wildman–Crippen LogP) is 1.91. The third-order valence-electron chi connectivity index (χ3n) is 7.11. The van der Waals surface area contributed by atoms with E-state index in [9.17, 15) is 9.59 Å². The molecule has 1 fully saturated rings. The molecule has 0 spiro atoms. The van der Waals surface area contributed by atoms with Gasteiger partial charge in [-0.15, -0.1) is 0 Å². The number of hydrogen-bond donors (Lipinski definition) is 0. The highest BCUT2D eigenvalue weighted by atomic mass is 16.7. The second kappa shape index (κ2) is 12.5. The summed E-state index contributed by atoms with van der Waals surface area (Å²) < 4.78 is 26.9. The van der Waals surface area contributed by atoms with E-state index in [-0.39, 0.29) is 37.8 Å². The van der Waals surface area contributed by atoms with Crippen LogP contribution in [0.5, 0.6) is 17.2 Å². The number of ether oxygens (including phenoxy) is 5. The molecule has 0 aromatic heterocycles. The van der Waals surface area contributed by atoms with Crippen LogP contribution in [0.25, 0.3) is 0 Å². The topological polar surface area (TPSA) is 102 Å². The van der Waals surface area contributed by atoms with Crippen molar-refractivity contribution in [3.8, 4) is 17.2 Å². The van der Waals surface area contributed by atoms with Crippen molar-refractivity contribution >= 4 is 17.5 Å². The number of methoxy groups -OCH3 is 2. The Bertz CT molecular complexity index is 1200. The fourth-order valence-corrected chi connectivity index (χ4v) is 4.91. The Balaban J connectivity index is 1.38. The van der Waals surface area contributed by atoms with Crippen molar-refractivity contribution in [1.29, 1.82) is 0 Å². The lowest BCUT2D eigenvalue weighted by atomic mass is 9.98. The second-order valence-electron chi connectivity index (χ2n) is 9.55. The van der Waals surface area contributed by atoms with Crippen molar-refractivity contribution in [2.24, 2.45) is 5.10 Å². The van der Waals surface area contributed by atoms with Crippen LogP contribution in [0.15, 0.2) is 47.6 Å². The normalized spacial score (nSPS) is 18.7. The van der Waals surface area contributed by atoms with Gasteiger partial charge in [-0.05, 0) is 47.5 Å². The van der Waals surface area contributed by atoms with Crippen molar-refractivity contribution < 1.29 is 33.3 Å².